The second kappa shape index (κ2) is 6.41. The van der Waals surface area contributed by atoms with Crippen LogP contribution < -0.4 is 0 Å². The molecule has 1 atom stereocenters. The number of rotatable bonds is 4. The summed E-state index contributed by atoms with van der Waals surface area (Å²) in [7, 11) is 1.39. The van der Waals surface area contributed by atoms with E-state index < -0.39 is 0 Å². The number of hydrogen-bond acceptors (Lipinski definition) is 4. The Labute approximate surface area is 112 Å². The number of amides is 1. The monoisotopic (exact) mass is 265 g/mol. The molecule has 5 heteroatoms. The number of methoxy groups -OCH3 is 1. The van der Waals surface area contributed by atoms with Crippen molar-refractivity contribution in [3.8, 4) is 0 Å². The molecule has 2 rings (SSSR count). The van der Waals surface area contributed by atoms with Gasteiger partial charge in [-0.05, 0) is 25.0 Å². The van der Waals surface area contributed by atoms with Gasteiger partial charge in [0, 0.05) is 25.9 Å². The number of carbonyl (C=O) groups excluding carboxylic acids is 2. The van der Waals surface area contributed by atoms with Crippen molar-refractivity contribution in [3.05, 3.63) is 24.2 Å². The Morgan fingerprint density at radius 2 is 2.37 bits per heavy atom. The van der Waals surface area contributed by atoms with Gasteiger partial charge in [0.2, 0.25) is 5.91 Å². The molecule has 0 bridgehead atoms. The molecule has 104 valence electrons. The summed E-state index contributed by atoms with van der Waals surface area (Å²) in [6.45, 7) is 1.20. The first-order chi connectivity index (χ1) is 9.20. The second-order valence-corrected chi connectivity index (χ2v) is 4.78. The fourth-order valence-electron chi connectivity index (χ4n) is 2.41. The average Bonchev–Trinajstić information content (AvgIpc) is 2.97. The number of hydrogen-bond donors (Lipinski definition) is 0. The molecule has 1 aliphatic rings. The SMILES string of the molecule is COC(=O)C1CCCN(C(=O)CCc2ccco2)C1. The molecular weight excluding hydrogens is 246 g/mol. The molecule has 0 aromatic carbocycles. The van der Waals surface area contributed by atoms with Crippen molar-refractivity contribution in [2.75, 3.05) is 20.2 Å². The summed E-state index contributed by atoms with van der Waals surface area (Å²) in [6.07, 6.45) is 4.28. The molecule has 2 heterocycles. The van der Waals surface area contributed by atoms with Crippen LogP contribution in [0.25, 0.3) is 0 Å². The number of piperidine rings is 1. The topological polar surface area (TPSA) is 59.8 Å². The maximum atomic E-state index is 12.1. The third kappa shape index (κ3) is 3.59. The quantitative estimate of drug-likeness (QED) is 0.776. The Morgan fingerprint density at radius 3 is 3.05 bits per heavy atom. The van der Waals surface area contributed by atoms with Crippen LogP contribution in [-0.2, 0) is 20.7 Å². The molecule has 1 amide bonds. The normalized spacial score (nSPS) is 19.2. The molecule has 1 unspecified atom stereocenters. The fraction of sp³-hybridized carbons (Fsp3) is 0.571. The van der Waals surface area contributed by atoms with Crippen molar-refractivity contribution in [1.29, 1.82) is 0 Å². The Morgan fingerprint density at radius 1 is 1.53 bits per heavy atom. The number of likely N-dealkylation sites (tertiary alicyclic amines) is 1. The number of carbonyl (C=O) groups is 2. The van der Waals surface area contributed by atoms with E-state index in [0.717, 1.165) is 25.1 Å². The molecule has 1 aliphatic heterocycles. The van der Waals surface area contributed by atoms with Crippen molar-refractivity contribution in [1.82, 2.24) is 4.90 Å². The molecule has 1 saturated heterocycles. The summed E-state index contributed by atoms with van der Waals surface area (Å²) in [4.78, 5) is 25.3. The number of aryl methyl sites for hydroxylation is 1. The van der Waals surface area contributed by atoms with Gasteiger partial charge in [-0.15, -0.1) is 0 Å². The van der Waals surface area contributed by atoms with E-state index in [9.17, 15) is 9.59 Å². The maximum absolute atomic E-state index is 12.1. The Bertz CT molecular complexity index is 427. The van der Waals surface area contributed by atoms with Crippen LogP contribution in [-0.4, -0.2) is 37.0 Å². The lowest BCUT2D eigenvalue weighted by molar-refractivity contribution is -0.149. The van der Waals surface area contributed by atoms with Crippen LogP contribution in [0.5, 0.6) is 0 Å². The van der Waals surface area contributed by atoms with Gasteiger partial charge in [0.1, 0.15) is 5.76 Å². The highest BCUT2D eigenvalue weighted by Crippen LogP contribution is 2.18. The molecule has 1 aromatic heterocycles. The maximum Gasteiger partial charge on any atom is 0.310 e. The standard InChI is InChI=1S/C14H19NO4/c1-18-14(17)11-4-2-8-15(10-11)13(16)7-6-12-5-3-9-19-12/h3,5,9,11H,2,4,6-8,10H2,1H3. The number of nitrogens with zero attached hydrogens (tertiary/aromatic N) is 1. The van der Waals surface area contributed by atoms with Crippen molar-refractivity contribution in [2.24, 2.45) is 5.92 Å². The zero-order valence-corrected chi connectivity index (χ0v) is 11.1. The molecule has 0 spiro atoms. The van der Waals surface area contributed by atoms with E-state index >= 15 is 0 Å². The van der Waals surface area contributed by atoms with Crippen LogP contribution in [0.4, 0.5) is 0 Å². The lowest BCUT2D eigenvalue weighted by Crippen LogP contribution is -2.42. The van der Waals surface area contributed by atoms with Crippen LogP contribution in [0, 0.1) is 5.92 Å². The summed E-state index contributed by atoms with van der Waals surface area (Å²) >= 11 is 0. The zero-order chi connectivity index (χ0) is 13.7. The fourth-order valence-corrected chi connectivity index (χ4v) is 2.41. The molecule has 0 N–H and O–H groups in total. The molecule has 1 fully saturated rings. The van der Waals surface area contributed by atoms with Gasteiger partial charge in [0.15, 0.2) is 0 Å². The van der Waals surface area contributed by atoms with Crippen LogP contribution in [0.3, 0.4) is 0 Å². The predicted octanol–water partition coefficient (Wildman–Crippen LogP) is 1.62. The van der Waals surface area contributed by atoms with Gasteiger partial charge < -0.3 is 14.1 Å². The van der Waals surface area contributed by atoms with Gasteiger partial charge in [0.05, 0.1) is 19.3 Å². The van der Waals surface area contributed by atoms with E-state index in [2.05, 4.69) is 0 Å². The number of furan rings is 1. The number of esters is 1. The summed E-state index contributed by atoms with van der Waals surface area (Å²) in [5.74, 6) is 0.495. The molecule has 5 nitrogen and oxygen atoms in total. The van der Waals surface area contributed by atoms with E-state index in [0.29, 0.717) is 19.4 Å². The Hall–Kier alpha value is -1.78. The van der Waals surface area contributed by atoms with Crippen LogP contribution in [0.2, 0.25) is 0 Å². The first-order valence-electron chi connectivity index (χ1n) is 6.58. The molecule has 1 aromatic rings. The minimum Gasteiger partial charge on any atom is -0.469 e. The third-order valence-corrected chi connectivity index (χ3v) is 3.47. The van der Waals surface area contributed by atoms with Crippen LogP contribution >= 0.6 is 0 Å². The molecular formula is C14H19NO4. The van der Waals surface area contributed by atoms with Crippen LogP contribution in [0.15, 0.2) is 22.8 Å². The minimum atomic E-state index is -0.219. The number of ether oxygens (including phenoxy) is 1. The smallest absolute Gasteiger partial charge is 0.310 e. The highest BCUT2D eigenvalue weighted by Gasteiger charge is 2.28. The highest BCUT2D eigenvalue weighted by molar-refractivity contribution is 5.78. The van der Waals surface area contributed by atoms with Crippen LogP contribution in [0.1, 0.15) is 25.0 Å². The highest BCUT2D eigenvalue weighted by atomic mass is 16.5. The first kappa shape index (κ1) is 13.6. The lowest BCUT2D eigenvalue weighted by atomic mass is 9.98. The largest absolute Gasteiger partial charge is 0.469 e. The predicted molar refractivity (Wildman–Crippen MR) is 68.3 cm³/mol. The van der Waals surface area contributed by atoms with Crippen molar-refractivity contribution in [2.45, 2.75) is 25.7 Å². The van der Waals surface area contributed by atoms with Gasteiger partial charge in [-0.2, -0.15) is 0 Å². The van der Waals surface area contributed by atoms with E-state index in [4.69, 9.17) is 9.15 Å². The summed E-state index contributed by atoms with van der Waals surface area (Å²) in [5, 5.41) is 0. The summed E-state index contributed by atoms with van der Waals surface area (Å²) in [6, 6.07) is 3.68. The lowest BCUT2D eigenvalue weighted by Gasteiger charge is -2.31. The van der Waals surface area contributed by atoms with Gasteiger partial charge in [-0.25, -0.2) is 0 Å². The van der Waals surface area contributed by atoms with Crippen molar-refractivity contribution < 1.29 is 18.7 Å². The summed E-state index contributed by atoms with van der Waals surface area (Å²) < 4.78 is 9.95. The van der Waals surface area contributed by atoms with E-state index in [1.807, 2.05) is 12.1 Å². The molecule has 19 heavy (non-hydrogen) atoms. The second-order valence-electron chi connectivity index (χ2n) is 4.78. The van der Waals surface area contributed by atoms with E-state index in [1.54, 1.807) is 11.2 Å². The molecule has 0 radical (unpaired) electrons. The van der Waals surface area contributed by atoms with Crippen molar-refractivity contribution in [3.63, 3.8) is 0 Å². The first-order valence-corrected chi connectivity index (χ1v) is 6.58. The van der Waals surface area contributed by atoms with Crippen molar-refractivity contribution >= 4 is 11.9 Å². The molecule has 0 saturated carbocycles. The average molecular weight is 265 g/mol. The van der Waals surface area contributed by atoms with E-state index in [-0.39, 0.29) is 17.8 Å². The zero-order valence-electron chi connectivity index (χ0n) is 11.1. The summed E-state index contributed by atoms with van der Waals surface area (Å²) in [5.41, 5.74) is 0. The molecule has 0 aliphatic carbocycles. The third-order valence-electron chi connectivity index (χ3n) is 3.47. The van der Waals surface area contributed by atoms with Gasteiger partial charge in [-0.1, -0.05) is 0 Å². The van der Waals surface area contributed by atoms with E-state index in [1.165, 1.54) is 7.11 Å². The Balaban J connectivity index is 1.83. The Kier molecular flexibility index (Phi) is 4.60. The van der Waals surface area contributed by atoms with Gasteiger partial charge >= 0.3 is 5.97 Å². The van der Waals surface area contributed by atoms with Gasteiger partial charge in [-0.3, -0.25) is 9.59 Å². The van der Waals surface area contributed by atoms with Gasteiger partial charge in [0.25, 0.3) is 0 Å². The minimum absolute atomic E-state index is 0.0741.